The average Bonchev–Trinajstić information content (AvgIpc) is 2.80. The number of carbonyl (C=O) groups is 1. The Bertz CT molecular complexity index is 428. The Morgan fingerprint density at radius 2 is 2.00 bits per heavy atom. The van der Waals surface area contributed by atoms with E-state index >= 15 is 0 Å². The Labute approximate surface area is 115 Å². The summed E-state index contributed by atoms with van der Waals surface area (Å²) in [5.41, 5.74) is -1.01. The van der Waals surface area contributed by atoms with Crippen LogP contribution >= 0.6 is 0 Å². The maximum absolute atomic E-state index is 12.2. The van der Waals surface area contributed by atoms with Gasteiger partial charge in [-0.25, -0.2) is 8.42 Å². The molecule has 0 radical (unpaired) electrons. The van der Waals surface area contributed by atoms with Gasteiger partial charge in [0.1, 0.15) is 5.54 Å². The van der Waals surface area contributed by atoms with Gasteiger partial charge >= 0.3 is 5.97 Å². The molecular weight excluding hydrogens is 266 g/mol. The number of carbonyl (C=O) groups excluding carboxylic acids is 1. The van der Waals surface area contributed by atoms with Gasteiger partial charge in [-0.2, -0.15) is 0 Å². The molecule has 1 aliphatic carbocycles. The molecule has 1 saturated carbocycles. The summed E-state index contributed by atoms with van der Waals surface area (Å²) in [6.45, 7) is 2.03. The number of sulfone groups is 1. The third-order valence-corrected chi connectivity index (χ3v) is 5.87. The Morgan fingerprint density at radius 3 is 2.58 bits per heavy atom. The number of rotatable bonds is 4. The Balaban J connectivity index is 2.18. The van der Waals surface area contributed by atoms with Crippen molar-refractivity contribution in [3.05, 3.63) is 0 Å². The zero-order valence-electron chi connectivity index (χ0n) is 11.5. The van der Waals surface area contributed by atoms with Gasteiger partial charge < -0.3 is 4.74 Å². The molecule has 2 fully saturated rings. The molecule has 5 nitrogen and oxygen atoms in total. The van der Waals surface area contributed by atoms with E-state index in [0.29, 0.717) is 12.8 Å². The summed E-state index contributed by atoms with van der Waals surface area (Å²) in [6, 6.07) is 0.248. The average molecular weight is 289 g/mol. The molecule has 19 heavy (non-hydrogen) atoms. The first-order valence-corrected chi connectivity index (χ1v) is 8.95. The molecule has 0 aromatic carbocycles. The van der Waals surface area contributed by atoms with E-state index in [2.05, 4.69) is 5.32 Å². The van der Waals surface area contributed by atoms with Crippen LogP contribution in [0.2, 0.25) is 0 Å². The zero-order chi connectivity index (χ0) is 13.9. The van der Waals surface area contributed by atoms with Crippen molar-refractivity contribution in [3.63, 3.8) is 0 Å². The summed E-state index contributed by atoms with van der Waals surface area (Å²) in [5.74, 6) is -0.333. The van der Waals surface area contributed by atoms with Crippen LogP contribution in [-0.2, 0) is 19.4 Å². The fraction of sp³-hybridized carbons (Fsp3) is 0.923. The molecule has 0 aromatic rings. The van der Waals surface area contributed by atoms with Crippen LogP contribution < -0.4 is 5.32 Å². The predicted molar refractivity (Wildman–Crippen MR) is 72.6 cm³/mol. The molecule has 1 N–H and O–H groups in total. The second kappa shape index (κ2) is 5.79. The lowest BCUT2D eigenvalue weighted by molar-refractivity contribution is -0.151. The van der Waals surface area contributed by atoms with Crippen molar-refractivity contribution >= 4 is 15.8 Å². The maximum Gasteiger partial charge on any atom is 0.327 e. The SMILES string of the molecule is CCOC(=O)C1(NC2CCCC2)CCCS(=O)(=O)C1. The lowest BCUT2D eigenvalue weighted by atomic mass is 9.93. The highest BCUT2D eigenvalue weighted by Gasteiger charge is 2.47. The number of esters is 1. The van der Waals surface area contributed by atoms with Gasteiger partial charge in [0, 0.05) is 6.04 Å². The van der Waals surface area contributed by atoms with Crippen LogP contribution in [0.15, 0.2) is 0 Å². The van der Waals surface area contributed by atoms with Crippen molar-refractivity contribution in [1.82, 2.24) is 5.32 Å². The molecule has 1 atom stereocenters. The summed E-state index contributed by atoms with van der Waals surface area (Å²) in [4.78, 5) is 12.2. The number of hydrogen-bond acceptors (Lipinski definition) is 5. The van der Waals surface area contributed by atoms with E-state index in [1.54, 1.807) is 6.92 Å². The van der Waals surface area contributed by atoms with Crippen molar-refractivity contribution < 1.29 is 17.9 Å². The van der Waals surface area contributed by atoms with Gasteiger partial charge in [-0.1, -0.05) is 12.8 Å². The molecule has 0 amide bonds. The second-order valence-corrected chi connectivity index (χ2v) is 7.81. The van der Waals surface area contributed by atoms with Gasteiger partial charge in [0.05, 0.1) is 18.1 Å². The van der Waals surface area contributed by atoms with Crippen LogP contribution in [0, 0.1) is 0 Å². The lowest BCUT2D eigenvalue weighted by Crippen LogP contribution is -2.62. The lowest BCUT2D eigenvalue weighted by Gasteiger charge is -2.37. The normalized spacial score (nSPS) is 31.2. The van der Waals surface area contributed by atoms with Gasteiger partial charge in [0.15, 0.2) is 9.84 Å². The molecule has 1 unspecified atom stereocenters. The van der Waals surface area contributed by atoms with Gasteiger partial charge in [-0.3, -0.25) is 10.1 Å². The topological polar surface area (TPSA) is 72.5 Å². The maximum atomic E-state index is 12.2. The highest BCUT2D eigenvalue weighted by Crippen LogP contribution is 2.28. The first-order valence-electron chi connectivity index (χ1n) is 7.13. The van der Waals surface area contributed by atoms with E-state index in [-0.39, 0.29) is 24.2 Å². The predicted octanol–water partition coefficient (Wildman–Crippen LogP) is 1.03. The van der Waals surface area contributed by atoms with Gasteiger partial charge in [0.25, 0.3) is 0 Å². The van der Waals surface area contributed by atoms with E-state index < -0.39 is 21.3 Å². The smallest absolute Gasteiger partial charge is 0.327 e. The molecule has 1 saturated heterocycles. The highest BCUT2D eigenvalue weighted by molar-refractivity contribution is 7.91. The Kier molecular flexibility index (Phi) is 4.50. The molecule has 2 aliphatic rings. The largest absolute Gasteiger partial charge is 0.465 e. The van der Waals surface area contributed by atoms with E-state index in [0.717, 1.165) is 25.7 Å². The minimum absolute atomic E-state index is 0.116. The summed E-state index contributed by atoms with van der Waals surface area (Å²) in [7, 11) is -3.16. The molecule has 1 heterocycles. The minimum Gasteiger partial charge on any atom is -0.465 e. The summed E-state index contributed by atoms with van der Waals surface area (Å²) in [5, 5.41) is 3.32. The van der Waals surface area contributed by atoms with E-state index in [1.807, 2.05) is 0 Å². The second-order valence-electron chi connectivity index (χ2n) is 5.62. The van der Waals surface area contributed by atoms with Crippen molar-refractivity contribution in [2.24, 2.45) is 0 Å². The summed E-state index contributed by atoms with van der Waals surface area (Å²) < 4.78 is 28.9. The van der Waals surface area contributed by atoms with Gasteiger partial charge in [-0.15, -0.1) is 0 Å². The Hall–Kier alpha value is -0.620. The van der Waals surface area contributed by atoms with Gasteiger partial charge in [-0.05, 0) is 32.6 Å². The summed E-state index contributed by atoms with van der Waals surface area (Å²) >= 11 is 0. The van der Waals surface area contributed by atoms with Crippen molar-refractivity contribution in [2.45, 2.75) is 57.0 Å². The summed E-state index contributed by atoms with van der Waals surface area (Å²) in [6.07, 6.45) is 5.40. The van der Waals surface area contributed by atoms with E-state index in [9.17, 15) is 13.2 Å². The van der Waals surface area contributed by atoms with E-state index in [4.69, 9.17) is 4.74 Å². The Morgan fingerprint density at radius 1 is 1.32 bits per heavy atom. The van der Waals surface area contributed by atoms with Crippen LogP contribution in [0.4, 0.5) is 0 Å². The number of ether oxygens (including phenoxy) is 1. The zero-order valence-corrected chi connectivity index (χ0v) is 12.3. The van der Waals surface area contributed by atoms with Gasteiger partial charge in [0.2, 0.25) is 0 Å². The fourth-order valence-electron chi connectivity index (χ4n) is 3.18. The molecule has 110 valence electrons. The molecule has 0 aromatic heterocycles. The van der Waals surface area contributed by atoms with Crippen molar-refractivity contribution in [3.8, 4) is 0 Å². The van der Waals surface area contributed by atoms with Crippen LogP contribution in [0.3, 0.4) is 0 Å². The van der Waals surface area contributed by atoms with Crippen LogP contribution in [-0.4, -0.2) is 44.1 Å². The third kappa shape index (κ3) is 3.48. The van der Waals surface area contributed by atoms with Crippen molar-refractivity contribution in [1.29, 1.82) is 0 Å². The first-order chi connectivity index (χ1) is 8.97. The molecule has 0 bridgehead atoms. The molecule has 2 rings (SSSR count). The number of nitrogens with one attached hydrogen (secondary N) is 1. The highest BCUT2D eigenvalue weighted by atomic mass is 32.2. The third-order valence-electron chi connectivity index (χ3n) is 4.03. The van der Waals surface area contributed by atoms with E-state index in [1.165, 1.54) is 0 Å². The number of hydrogen-bond donors (Lipinski definition) is 1. The van der Waals surface area contributed by atoms with Crippen LogP contribution in [0.25, 0.3) is 0 Å². The van der Waals surface area contributed by atoms with Crippen molar-refractivity contribution in [2.75, 3.05) is 18.1 Å². The minimum atomic E-state index is -3.16. The monoisotopic (exact) mass is 289 g/mol. The molecular formula is C13H23NO4S. The molecule has 6 heteroatoms. The van der Waals surface area contributed by atoms with Crippen LogP contribution in [0.1, 0.15) is 45.4 Å². The molecule has 1 aliphatic heterocycles. The standard InChI is InChI=1S/C13H23NO4S/c1-2-18-12(15)13(14-11-6-3-4-7-11)8-5-9-19(16,17)10-13/h11,14H,2-10H2,1H3. The quantitative estimate of drug-likeness (QED) is 0.783. The fourth-order valence-corrected chi connectivity index (χ4v) is 5.00. The van der Waals surface area contributed by atoms with Crippen LogP contribution in [0.5, 0.6) is 0 Å². The first kappa shape index (κ1) is 14.8. The molecule has 0 spiro atoms.